The van der Waals surface area contributed by atoms with Gasteiger partial charge in [0.1, 0.15) is 13.1 Å². The second-order valence-corrected chi connectivity index (χ2v) is 19.5. The number of unbranched alkanes of at least 4 members (excludes halogenated alkanes) is 7. The molecule has 0 aliphatic carbocycles. The van der Waals surface area contributed by atoms with E-state index < -0.39 is 0 Å². The van der Waals surface area contributed by atoms with Crippen molar-refractivity contribution in [2.24, 2.45) is 0 Å². The van der Waals surface area contributed by atoms with Crippen LogP contribution in [0.25, 0.3) is 34.0 Å². The molecule has 0 unspecified atom stereocenters. The van der Waals surface area contributed by atoms with Gasteiger partial charge >= 0.3 is 0 Å². The minimum atomic E-state index is 0.860. The Morgan fingerprint density at radius 2 is 0.797 bits per heavy atom. The highest BCUT2D eigenvalue weighted by molar-refractivity contribution is 5.88. The Morgan fingerprint density at radius 1 is 0.438 bits per heavy atom. The molecule has 8 heteroatoms. The van der Waals surface area contributed by atoms with E-state index in [2.05, 4.69) is 171 Å². The minimum absolute atomic E-state index is 0.860. The van der Waals surface area contributed by atoms with Gasteiger partial charge < -0.3 is 28.2 Å². The highest BCUT2D eigenvalue weighted by Crippen LogP contribution is 2.39. The molecule has 0 bridgehead atoms. The number of fused-ring (bicyclic) bond motifs is 4. The van der Waals surface area contributed by atoms with Gasteiger partial charge in [-0.15, -0.1) is 0 Å². The average molecular weight is 861 g/mol. The Kier molecular flexibility index (Phi) is 14.3. The number of anilines is 2. The molecule has 2 aliphatic heterocycles. The van der Waals surface area contributed by atoms with Crippen molar-refractivity contribution in [3.05, 3.63) is 144 Å². The summed E-state index contributed by atoms with van der Waals surface area (Å²) < 4.78 is 19.5. The van der Waals surface area contributed by atoms with E-state index >= 15 is 0 Å². The van der Waals surface area contributed by atoms with Gasteiger partial charge in [-0.25, -0.2) is 0 Å². The third-order valence-electron chi connectivity index (χ3n) is 13.6. The lowest BCUT2D eigenvalue weighted by Gasteiger charge is -2.31. The Labute approximate surface area is 383 Å². The van der Waals surface area contributed by atoms with Crippen LogP contribution < -0.4 is 28.4 Å². The van der Waals surface area contributed by atoms with Crippen molar-refractivity contribution in [3.63, 3.8) is 0 Å². The maximum absolute atomic E-state index is 6.20. The quantitative estimate of drug-likeness (QED) is 0.0410. The predicted octanol–water partition coefficient (Wildman–Crippen LogP) is 11.0. The highest BCUT2D eigenvalue weighted by Gasteiger charge is 2.25. The number of rotatable bonds is 21. The largest absolute Gasteiger partial charge is 0.439 e. The second kappa shape index (κ2) is 20.4. The average Bonchev–Trinajstić information content (AvgIpc) is 3.79. The highest BCUT2D eigenvalue weighted by atomic mass is 16.5. The smallest absolute Gasteiger partial charge is 0.213 e. The van der Waals surface area contributed by atoms with Crippen LogP contribution in [0.4, 0.5) is 11.4 Å². The number of pyridine rings is 2. The van der Waals surface area contributed by atoms with Crippen LogP contribution in [0, 0.1) is 0 Å². The number of quaternary nitrogens is 2. The van der Waals surface area contributed by atoms with Gasteiger partial charge in [0.25, 0.3) is 0 Å². The van der Waals surface area contributed by atoms with Crippen LogP contribution in [0.15, 0.2) is 133 Å². The van der Waals surface area contributed by atoms with Crippen molar-refractivity contribution in [2.45, 2.75) is 77.3 Å². The van der Waals surface area contributed by atoms with E-state index in [-0.39, 0.29) is 0 Å². The summed E-state index contributed by atoms with van der Waals surface area (Å²) in [6.07, 6.45) is 21.6. The molecule has 0 saturated heterocycles. The molecule has 8 nitrogen and oxygen atoms in total. The molecule has 0 atom stereocenters. The van der Waals surface area contributed by atoms with E-state index in [9.17, 15) is 0 Å². The molecule has 0 N–H and O–H groups in total. The van der Waals surface area contributed by atoms with Gasteiger partial charge in [0.2, 0.25) is 22.8 Å². The van der Waals surface area contributed by atoms with Gasteiger partial charge in [0.15, 0.2) is 23.9 Å². The Morgan fingerprint density at radius 3 is 1.20 bits per heavy atom. The molecule has 8 rings (SSSR count). The van der Waals surface area contributed by atoms with Gasteiger partial charge in [0, 0.05) is 63.4 Å². The normalized spacial score (nSPS) is 15.0. The zero-order chi connectivity index (χ0) is 44.5. The maximum atomic E-state index is 6.20. The lowest BCUT2D eigenvalue weighted by Crippen LogP contribution is -2.42. The van der Waals surface area contributed by atoms with Crippen molar-refractivity contribution in [3.8, 4) is 11.5 Å². The fourth-order valence-corrected chi connectivity index (χ4v) is 9.67. The zero-order valence-corrected chi connectivity index (χ0v) is 39.5. The summed E-state index contributed by atoms with van der Waals surface area (Å²) in [4.78, 5) is 4.26. The molecule has 64 heavy (non-hydrogen) atoms. The summed E-state index contributed by atoms with van der Waals surface area (Å²) in [5.41, 5.74) is 7.13. The van der Waals surface area contributed by atoms with Crippen LogP contribution in [-0.2, 0) is 13.1 Å². The molecule has 2 aromatic heterocycles. The molecular weight excluding hydrogens is 789 g/mol. The number of para-hydroxylation sites is 6. The van der Waals surface area contributed by atoms with Crippen molar-refractivity contribution in [1.29, 1.82) is 0 Å². The number of hydrogen-bond donors (Lipinski definition) is 0. The molecule has 4 aromatic carbocycles. The molecule has 0 saturated carbocycles. The first-order valence-corrected chi connectivity index (χ1v) is 24.0. The van der Waals surface area contributed by atoms with E-state index in [0.717, 1.165) is 56.7 Å². The molecule has 0 radical (unpaired) electrons. The topological polar surface area (TPSA) is 32.7 Å². The molecule has 0 amide bonds. The molecule has 0 fully saturated rings. The van der Waals surface area contributed by atoms with Crippen LogP contribution in [-0.4, -0.2) is 77.4 Å². The van der Waals surface area contributed by atoms with Crippen LogP contribution >= 0.6 is 0 Å². The van der Waals surface area contributed by atoms with Gasteiger partial charge in [-0.2, -0.15) is 9.13 Å². The number of ether oxygens (including phenoxy) is 2. The van der Waals surface area contributed by atoms with Crippen molar-refractivity contribution >= 4 is 45.3 Å². The van der Waals surface area contributed by atoms with Gasteiger partial charge in [-0.3, -0.25) is 0 Å². The van der Waals surface area contributed by atoms with Gasteiger partial charge in [-0.05, 0) is 98.9 Å². The lowest BCUT2D eigenvalue weighted by molar-refractivity contribution is -0.891. The SMILES string of the molecule is CN1/C(=C/c2cc[n+](CCCCC[N+](C)(C)CCCCCC[N+](C)(C)CCCCC[n+]3ccc(/C=C4/Oc5ccccc5N4C)c4ccccc43)c3ccccc23)Oc2ccccc21. The molecule has 2 aliphatic rings. The van der Waals surface area contributed by atoms with E-state index in [0.29, 0.717) is 0 Å². The Hall–Kier alpha value is -5.70. The number of benzene rings is 4. The Bertz CT molecular complexity index is 2420. The number of hydrogen-bond acceptors (Lipinski definition) is 4. The summed E-state index contributed by atoms with van der Waals surface area (Å²) in [7, 11) is 13.9. The fourth-order valence-electron chi connectivity index (χ4n) is 9.67. The number of aromatic nitrogens is 2. The second-order valence-electron chi connectivity index (χ2n) is 19.5. The number of nitrogens with zero attached hydrogens (tertiary/aromatic N) is 6. The summed E-state index contributed by atoms with van der Waals surface area (Å²) in [6.45, 7) is 7.12. The zero-order valence-electron chi connectivity index (χ0n) is 39.5. The van der Waals surface area contributed by atoms with E-state index in [1.54, 1.807) is 0 Å². The summed E-state index contributed by atoms with van der Waals surface area (Å²) in [5.74, 6) is 3.54. The molecule has 334 valence electrons. The fraction of sp³-hybridized carbons (Fsp3) is 0.393. The van der Waals surface area contributed by atoms with Crippen LogP contribution in [0.2, 0.25) is 0 Å². The number of aryl methyl sites for hydroxylation is 2. The van der Waals surface area contributed by atoms with Crippen LogP contribution in [0.3, 0.4) is 0 Å². The van der Waals surface area contributed by atoms with Crippen LogP contribution in [0.1, 0.15) is 75.3 Å². The monoisotopic (exact) mass is 861 g/mol. The first-order valence-electron chi connectivity index (χ1n) is 24.0. The molecule has 0 spiro atoms. The van der Waals surface area contributed by atoms with E-state index in [4.69, 9.17) is 9.47 Å². The van der Waals surface area contributed by atoms with Crippen molar-refractivity contribution < 1.29 is 27.6 Å². The third-order valence-corrected chi connectivity index (χ3v) is 13.6. The van der Waals surface area contributed by atoms with Crippen LogP contribution in [0.5, 0.6) is 11.5 Å². The maximum Gasteiger partial charge on any atom is 0.213 e. The summed E-state index contributed by atoms with van der Waals surface area (Å²) in [6, 6.07) is 38.5. The molecule has 6 aromatic rings. The van der Waals surface area contributed by atoms with Crippen molar-refractivity contribution in [1.82, 2.24) is 0 Å². The molecule has 4 heterocycles. The van der Waals surface area contributed by atoms with E-state index in [1.807, 2.05) is 24.3 Å². The first kappa shape index (κ1) is 44.9. The Balaban J connectivity index is 0.696. The van der Waals surface area contributed by atoms with Gasteiger partial charge in [0.05, 0.1) is 76.5 Å². The third kappa shape index (κ3) is 11.0. The lowest BCUT2D eigenvalue weighted by atomic mass is 10.1. The van der Waals surface area contributed by atoms with E-state index in [1.165, 1.54) is 123 Å². The molecular formula is C56H72N6O2+4. The standard InChI is InChI=1S/C56H72N6O2/c1-57-51-29-15-17-31-53(51)63-55(57)43-45-33-37-59(49-27-13-11-25-47(45)49)35-19-9-23-41-61(3,4)39-21-7-8-22-40-62(5,6)42-24-10-20-36-60-38-34-46(48-26-12-14-28-50(48)60)44-56-58(2)52-30-16-18-32-54(52)64-56/h11-18,25-34,37-38,43-44H,7-10,19-24,35-36,39-42H2,1-6H3/q+4. The first-order chi connectivity index (χ1) is 31.1. The minimum Gasteiger partial charge on any atom is -0.439 e. The summed E-state index contributed by atoms with van der Waals surface area (Å²) in [5, 5.41) is 2.52. The van der Waals surface area contributed by atoms with Crippen molar-refractivity contribution in [2.75, 3.05) is 78.3 Å². The summed E-state index contributed by atoms with van der Waals surface area (Å²) >= 11 is 0. The predicted molar refractivity (Wildman–Crippen MR) is 265 cm³/mol. The van der Waals surface area contributed by atoms with Gasteiger partial charge in [-0.1, -0.05) is 48.5 Å².